The van der Waals surface area contributed by atoms with Gasteiger partial charge < -0.3 is 0 Å². The van der Waals surface area contributed by atoms with Gasteiger partial charge in [-0.1, -0.05) is 30.0 Å². The van der Waals surface area contributed by atoms with E-state index in [1.165, 1.54) is 23.9 Å². The van der Waals surface area contributed by atoms with Crippen LogP contribution in [-0.4, -0.2) is 30.7 Å². The Hall–Kier alpha value is -3.00. The molecule has 136 valence electrons. The van der Waals surface area contributed by atoms with E-state index in [1.807, 2.05) is 34.9 Å². The number of nitrogens with zero attached hydrogens (tertiary/aromatic N) is 4. The number of aromatic nitrogens is 3. The molecule has 1 fully saturated rings. The minimum absolute atomic E-state index is 0.0238. The molecule has 1 aliphatic rings. The number of ketones is 1. The number of non-ortho nitro benzene ring substituents is 1. The molecule has 3 aromatic rings. The van der Waals surface area contributed by atoms with Crippen LogP contribution in [0.4, 0.5) is 5.69 Å². The van der Waals surface area contributed by atoms with E-state index in [1.54, 1.807) is 12.1 Å². The Morgan fingerprint density at radius 1 is 1.07 bits per heavy atom. The zero-order valence-electron chi connectivity index (χ0n) is 14.3. The van der Waals surface area contributed by atoms with Crippen molar-refractivity contribution in [2.24, 2.45) is 0 Å². The molecule has 0 saturated heterocycles. The largest absolute Gasteiger partial charge is 0.298 e. The fraction of sp³-hybridized carbons (Fsp3) is 0.211. The van der Waals surface area contributed by atoms with Gasteiger partial charge in [0, 0.05) is 29.8 Å². The number of hydrogen-bond donors (Lipinski definition) is 0. The molecule has 2 aromatic carbocycles. The van der Waals surface area contributed by atoms with Gasteiger partial charge in [-0.15, -0.1) is 10.2 Å². The summed E-state index contributed by atoms with van der Waals surface area (Å²) in [6.45, 7) is 0. The highest BCUT2D eigenvalue weighted by Crippen LogP contribution is 2.35. The van der Waals surface area contributed by atoms with E-state index in [2.05, 4.69) is 10.2 Å². The van der Waals surface area contributed by atoms with Gasteiger partial charge in [-0.3, -0.25) is 19.5 Å². The van der Waals surface area contributed by atoms with Gasteiger partial charge in [0.2, 0.25) is 0 Å². The number of para-hydroxylation sites is 1. The maximum absolute atomic E-state index is 12.1. The molecule has 0 radical (unpaired) electrons. The molecule has 0 unspecified atom stereocenters. The minimum atomic E-state index is -0.432. The summed E-state index contributed by atoms with van der Waals surface area (Å²) >= 11 is 1.44. The van der Waals surface area contributed by atoms with Gasteiger partial charge >= 0.3 is 0 Å². The van der Waals surface area contributed by atoms with Crippen molar-refractivity contribution in [3.05, 3.63) is 64.7 Å². The normalized spacial score (nSPS) is 16.6. The summed E-state index contributed by atoms with van der Waals surface area (Å²) in [6.07, 6.45) is 2.37. The van der Waals surface area contributed by atoms with E-state index < -0.39 is 4.92 Å². The molecule has 1 aliphatic carbocycles. The third-order valence-electron chi connectivity index (χ3n) is 4.48. The Morgan fingerprint density at radius 2 is 1.81 bits per heavy atom. The summed E-state index contributed by atoms with van der Waals surface area (Å²) in [5.74, 6) is 0.837. The molecule has 0 amide bonds. The van der Waals surface area contributed by atoms with Crippen LogP contribution in [0.3, 0.4) is 0 Å². The smallest absolute Gasteiger partial charge is 0.269 e. The molecule has 1 heterocycles. The van der Waals surface area contributed by atoms with Gasteiger partial charge in [0.25, 0.3) is 5.69 Å². The lowest BCUT2D eigenvalue weighted by Gasteiger charge is -2.12. The van der Waals surface area contributed by atoms with Crippen molar-refractivity contribution in [1.82, 2.24) is 14.8 Å². The lowest BCUT2D eigenvalue weighted by atomic mass is 10.2. The van der Waals surface area contributed by atoms with Crippen molar-refractivity contribution in [1.29, 1.82) is 0 Å². The lowest BCUT2D eigenvalue weighted by Crippen LogP contribution is -2.10. The standard InChI is InChI=1S/C19H16N4O3S/c24-16-7-4-8-17(16)27-19-21-20-18(22(19)14-5-2-1-3-6-14)13-9-11-15(12-10-13)23(25)26/h1-3,5-6,9-12,17H,4,7-8H2/t17-/m0/s1. The summed E-state index contributed by atoms with van der Waals surface area (Å²) in [5, 5.41) is 20.1. The maximum atomic E-state index is 12.1. The summed E-state index contributed by atoms with van der Waals surface area (Å²) in [4.78, 5) is 22.5. The monoisotopic (exact) mass is 380 g/mol. The van der Waals surface area contributed by atoms with Crippen molar-refractivity contribution in [3.63, 3.8) is 0 Å². The molecule has 27 heavy (non-hydrogen) atoms. The highest BCUT2D eigenvalue weighted by Gasteiger charge is 2.28. The predicted octanol–water partition coefficient (Wildman–Crippen LogP) is 4.06. The number of thioether (sulfide) groups is 1. The van der Waals surface area contributed by atoms with Gasteiger partial charge in [-0.05, 0) is 37.1 Å². The fourth-order valence-corrected chi connectivity index (χ4v) is 4.28. The molecule has 7 nitrogen and oxygen atoms in total. The topological polar surface area (TPSA) is 90.9 Å². The molecule has 1 aromatic heterocycles. The first-order valence-electron chi connectivity index (χ1n) is 8.58. The van der Waals surface area contributed by atoms with Crippen LogP contribution in [-0.2, 0) is 4.79 Å². The third-order valence-corrected chi connectivity index (χ3v) is 5.74. The van der Waals surface area contributed by atoms with Crippen LogP contribution in [0.2, 0.25) is 0 Å². The number of benzene rings is 2. The predicted molar refractivity (Wildman–Crippen MR) is 102 cm³/mol. The van der Waals surface area contributed by atoms with Gasteiger partial charge in [0.1, 0.15) is 5.78 Å². The molecule has 1 saturated carbocycles. The first kappa shape index (κ1) is 17.4. The van der Waals surface area contributed by atoms with Crippen molar-refractivity contribution in [2.75, 3.05) is 0 Å². The molecule has 0 bridgehead atoms. The minimum Gasteiger partial charge on any atom is -0.298 e. The number of hydrogen-bond acceptors (Lipinski definition) is 6. The number of rotatable bonds is 5. The first-order chi connectivity index (χ1) is 13.1. The highest BCUT2D eigenvalue weighted by atomic mass is 32.2. The number of carbonyl (C=O) groups is 1. The van der Waals surface area contributed by atoms with Crippen LogP contribution in [0, 0.1) is 10.1 Å². The average molecular weight is 380 g/mol. The van der Waals surface area contributed by atoms with Crippen LogP contribution in [0.5, 0.6) is 0 Å². The van der Waals surface area contributed by atoms with E-state index >= 15 is 0 Å². The van der Waals surface area contributed by atoms with E-state index in [9.17, 15) is 14.9 Å². The fourth-order valence-electron chi connectivity index (χ4n) is 3.11. The average Bonchev–Trinajstić information content (AvgIpc) is 3.29. The van der Waals surface area contributed by atoms with E-state index in [-0.39, 0.29) is 16.7 Å². The lowest BCUT2D eigenvalue weighted by molar-refractivity contribution is -0.384. The quantitative estimate of drug-likeness (QED) is 0.490. The SMILES string of the molecule is O=C1CCC[C@@H]1Sc1nnc(-c2ccc([N+](=O)[O-])cc2)n1-c1ccccc1. The summed E-state index contributed by atoms with van der Waals surface area (Å²) in [7, 11) is 0. The van der Waals surface area contributed by atoms with Gasteiger partial charge in [0.15, 0.2) is 11.0 Å². The molecule has 1 atom stereocenters. The number of carbonyl (C=O) groups excluding carboxylic acids is 1. The van der Waals surface area contributed by atoms with E-state index in [0.717, 1.165) is 24.1 Å². The summed E-state index contributed by atoms with van der Waals surface area (Å²) in [6, 6.07) is 15.9. The molecular formula is C19H16N4O3S. The Balaban J connectivity index is 1.77. The van der Waals surface area contributed by atoms with E-state index in [0.29, 0.717) is 17.4 Å². The summed E-state index contributed by atoms with van der Waals surface area (Å²) in [5.41, 5.74) is 1.63. The van der Waals surface area contributed by atoms with Gasteiger partial charge in [-0.2, -0.15) is 0 Å². The second-order valence-corrected chi connectivity index (χ2v) is 7.42. The van der Waals surface area contributed by atoms with Gasteiger partial charge in [-0.25, -0.2) is 0 Å². The Bertz CT molecular complexity index is 986. The van der Waals surface area contributed by atoms with Crippen molar-refractivity contribution < 1.29 is 9.72 Å². The molecular weight excluding hydrogens is 364 g/mol. The van der Waals surface area contributed by atoms with Crippen molar-refractivity contribution in [2.45, 2.75) is 29.7 Å². The van der Waals surface area contributed by atoms with Crippen LogP contribution in [0.25, 0.3) is 17.1 Å². The molecule has 0 aliphatic heterocycles. The number of nitro groups is 1. The van der Waals surface area contributed by atoms with Crippen molar-refractivity contribution in [3.8, 4) is 17.1 Å². The molecule has 0 N–H and O–H groups in total. The zero-order chi connectivity index (χ0) is 18.8. The van der Waals surface area contributed by atoms with Crippen LogP contribution in [0.15, 0.2) is 59.8 Å². The molecule has 8 heteroatoms. The Morgan fingerprint density at radius 3 is 2.44 bits per heavy atom. The summed E-state index contributed by atoms with van der Waals surface area (Å²) < 4.78 is 1.90. The third kappa shape index (κ3) is 3.48. The Kier molecular flexibility index (Phi) is 4.72. The maximum Gasteiger partial charge on any atom is 0.269 e. The Labute approximate surface area is 159 Å². The second-order valence-electron chi connectivity index (χ2n) is 6.25. The number of nitro benzene ring substituents is 1. The van der Waals surface area contributed by atoms with Crippen LogP contribution < -0.4 is 0 Å². The molecule has 0 spiro atoms. The zero-order valence-corrected chi connectivity index (χ0v) is 15.1. The number of Topliss-reactive ketones (excluding diaryl/α,β-unsaturated/α-hetero) is 1. The van der Waals surface area contributed by atoms with Crippen LogP contribution >= 0.6 is 11.8 Å². The van der Waals surface area contributed by atoms with Crippen LogP contribution in [0.1, 0.15) is 19.3 Å². The second kappa shape index (κ2) is 7.32. The molecule has 4 rings (SSSR count). The van der Waals surface area contributed by atoms with E-state index in [4.69, 9.17) is 0 Å². The van der Waals surface area contributed by atoms with Crippen molar-refractivity contribution >= 4 is 23.2 Å². The van der Waals surface area contributed by atoms with Gasteiger partial charge in [0.05, 0.1) is 10.2 Å². The highest BCUT2D eigenvalue weighted by molar-refractivity contribution is 8.00. The first-order valence-corrected chi connectivity index (χ1v) is 9.46.